The van der Waals surface area contributed by atoms with Gasteiger partial charge in [0.1, 0.15) is 10.7 Å². The summed E-state index contributed by atoms with van der Waals surface area (Å²) in [7, 11) is 0. The van der Waals surface area contributed by atoms with E-state index in [1.165, 1.54) is 22.3 Å². The Balaban J connectivity index is 2.44. The number of nitrogens with one attached hydrogen (secondary N) is 1. The van der Waals surface area contributed by atoms with Gasteiger partial charge in [0.2, 0.25) is 0 Å². The van der Waals surface area contributed by atoms with Gasteiger partial charge < -0.3 is 10.7 Å². The van der Waals surface area contributed by atoms with Crippen molar-refractivity contribution in [3.8, 4) is 11.3 Å². The quantitative estimate of drug-likeness (QED) is 0.687. The lowest BCUT2D eigenvalue weighted by Gasteiger charge is -2.01. The highest BCUT2D eigenvalue weighted by atomic mass is 32.1. The van der Waals surface area contributed by atoms with Gasteiger partial charge in [0, 0.05) is 22.2 Å². The van der Waals surface area contributed by atoms with Gasteiger partial charge in [-0.05, 0) is 25.5 Å². The van der Waals surface area contributed by atoms with E-state index in [1.807, 2.05) is 0 Å². The smallest absolute Gasteiger partial charge is 0.114 e. The molecule has 0 spiro atoms. The molecule has 0 amide bonds. The Bertz CT molecular complexity index is 694. The Kier molecular flexibility index (Phi) is 2.19. The van der Waals surface area contributed by atoms with Gasteiger partial charge in [-0.2, -0.15) is 0 Å². The van der Waals surface area contributed by atoms with Crippen LogP contribution in [-0.4, -0.2) is 9.97 Å². The number of nitrogen functional groups attached to an aromatic ring is 1. The standard InChI is InChI=1S/C13H13N3S/c1-7-4-3-5-9-10(7)11(8(2)16-9)12-13(14)17-6-15-12/h3-6,16H,14H2,1-2H3. The van der Waals surface area contributed by atoms with E-state index in [-0.39, 0.29) is 0 Å². The highest BCUT2D eigenvalue weighted by Gasteiger charge is 2.16. The van der Waals surface area contributed by atoms with Crippen LogP contribution in [0.2, 0.25) is 0 Å². The SMILES string of the molecule is Cc1[nH]c2cccc(C)c2c1-c1ncsc1N. The molecular weight excluding hydrogens is 230 g/mol. The van der Waals surface area contributed by atoms with E-state index in [0.717, 1.165) is 27.5 Å². The van der Waals surface area contributed by atoms with Crippen LogP contribution in [0.1, 0.15) is 11.3 Å². The lowest BCUT2D eigenvalue weighted by atomic mass is 10.0. The lowest BCUT2D eigenvalue weighted by molar-refractivity contribution is 1.29. The molecule has 1 aromatic carbocycles. The Morgan fingerprint density at radius 1 is 1.29 bits per heavy atom. The molecule has 3 rings (SSSR count). The highest BCUT2D eigenvalue weighted by Crippen LogP contribution is 2.37. The van der Waals surface area contributed by atoms with Crippen molar-refractivity contribution < 1.29 is 0 Å². The number of aryl methyl sites for hydroxylation is 2. The predicted octanol–water partition coefficient (Wildman–Crippen LogP) is 3.49. The Morgan fingerprint density at radius 2 is 2.12 bits per heavy atom. The summed E-state index contributed by atoms with van der Waals surface area (Å²) >= 11 is 1.48. The number of nitrogens with two attached hydrogens (primary N) is 1. The maximum atomic E-state index is 5.98. The molecule has 3 nitrogen and oxygen atoms in total. The molecular formula is C13H13N3S. The minimum absolute atomic E-state index is 0.775. The summed E-state index contributed by atoms with van der Waals surface area (Å²) in [6.07, 6.45) is 0. The first-order chi connectivity index (χ1) is 8.18. The van der Waals surface area contributed by atoms with Crippen LogP contribution < -0.4 is 5.73 Å². The van der Waals surface area contributed by atoms with Crippen molar-refractivity contribution in [1.82, 2.24) is 9.97 Å². The van der Waals surface area contributed by atoms with E-state index in [0.29, 0.717) is 0 Å². The van der Waals surface area contributed by atoms with Crippen molar-refractivity contribution in [2.75, 3.05) is 5.73 Å². The molecule has 0 unspecified atom stereocenters. The van der Waals surface area contributed by atoms with Crippen molar-refractivity contribution in [3.63, 3.8) is 0 Å². The molecule has 2 heterocycles. The van der Waals surface area contributed by atoms with E-state index in [4.69, 9.17) is 5.73 Å². The molecule has 0 saturated heterocycles. The third-order valence-corrected chi connectivity index (χ3v) is 3.71. The van der Waals surface area contributed by atoms with Gasteiger partial charge in [-0.1, -0.05) is 12.1 Å². The van der Waals surface area contributed by atoms with Crippen LogP contribution in [0.3, 0.4) is 0 Å². The van der Waals surface area contributed by atoms with Crippen LogP contribution in [0.25, 0.3) is 22.2 Å². The number of thiazole rings is 1. The van der Waals surface area contributed by atoms with Gasteiger partial charge in [0.05, 0.1) is 5.51 Å². The number of hydrogen-bond acceptors (Lipinski definition) is 3. The Labute approximate surface area is 103 Å². The second-order valence-electron chi connectivity index (χ2n) is 4.19. The third kappa shape index (κ3) is 1.45. The topological polar surface area (TPSA) is 54.7 Å². The number of anilines is 1. The average molecular weight is 243 g/mol. The van der Waals surface area contributed by atoms with Crippen LogP contribution in [0.4, 0.5) is 5.00 Å². The minimum Gasteiger partial charge on any atom is -0.389 e. The predicted molar refractivity (Wildman–Crippen MR) is 73.3 cm³/mol. The van der Waals surface area contributed by atoms with Crippen molar-refractivity contribution in [2.24, 2.45) is 0 Å². The molecule has 2 aromatic heterocycles. The first kappa shape index (κ1) is 10.4. The summed E-state index contributed by atoms with van der Waals surface area (Å²) < 4.78 is 0. The number of nitrogens with zero attached hydrogens (tertiary/aromatic N) is 1. The molecule has 3 aromatic rings. The van der Waals surface area contributed by atoms with Crippen LogP contribution in [0.5, 0.6) is 0 Å². The summed E-state index contributed by atoms with van der Waals surface area (Å²) in [4.78, 5) is 7.78. The van der Waals surface area contributed by atoms with Crippen LogP contribution in [0.15, 0.2) is 23.7 Å². The first-order valence-electron chi connectivity index (χ1n) is 5.45. The number of benzene rings is 1. The van der Waals surface area contributed by atoms with Crippen molar-refractivity contribution in [2.45, 2.75) is 13.8 Å². The minimum atomic E-state index is 0.775. The van der Waals surface area contributed by atoms with E-state index in [2.05, 4.69) is 42.0 Å². The second-order valence-corrected chi connectivity index (χ2v) is 5.07. The van der Waals surface area contributed by atoms with E-state index >= 15 is 0 Å². The molecule has 0 aliphatic carbocycles. The van der Waals surface area contributed by atoms with E-state index < -0.39 is 0 Å². The van der Waals surface area contributed by atoms with Crippen LogP contribution in [-0.2, 0) is 0 Å². The first-order valence-corrected chi connectivity index (χ1v) is 6.33. The number of hydrogen-bond donors (Lipinski definition) is 2. The fourth-order valence-corrected chi connectivity index (χ4v) is 2.83. The van der Waals surface area contributed by atoms with Crippen molar-refractivity contribution >= 4 is 27.2 Å². The van der Waals surface area contributed by atoms with Gasteiger partial charge in [-0.15, -0.1) is 11.3 Å². The summed E-state index contributed by atoms with van der Waals surface area (Å²) in [5, 5.41) is 2.00. The molecule has 0 bridgehead atoms. The van der Waals surface area contributed by atoms with Gasteiger partial charge in [0.25, 0.3) is 0 Å². The van der Waals surface area contributed by atoms with Crippen LogP contribution >= 0.6 is 11.3 Å². The molecule has 0 radical (unpaired) electrons. The zero-order valence-electron chi connectivity index (χ0n) is 9.74. The molecule has 0 aliphatic rings. The third-order valence-electron chi connectivity index (χ3n) is 3.05. The van der Waals surface area contributed by atoms with Gasteiger partial charge >= 0.3 is 0 Å². The maximum Gasteiger partial charge on any atom is 0.114 e. The number of aromatic nitrogens is 2. The van der Waals surface area contributed by atoms with Crippen LogP contribution in [0, 0.1) is 13.8 Å². The Morgan fingerprint density at radius 3 is 2.82 bits per heavy atom. The maximum absolute atomic E-state index is 5.98. The zero-order valence-corrected chi connectivity index (χ0v) is 10.6. The second kappa shape index (κ2) is 3.60. The molecule has 0 saturated carbocycles. The average Bonchev–Trinajstić information content (AvgIpc) is 2.82. The normalized spacial score (nSPS) is 11.2. The fourth-order valence-electron chi connectivity index (χ4n) is 2.29. The molecule has 0 atom stereocenters. The fraction of sp³-hybridized carbons (Fsp3) is 0.154. The van der Waals surface area contributed by atoms with Gasteiger partial charge in [-0.3, -0.25) is 0 Å². The molecule has 0 aliphatic heterocycles. The number of fused-ring (bicyclic) bond motifs is 1. The molecule has 3 N–H and O–H groups in total. The number of rotatable bonds is 1. The molecule has 4 heteroatoms. The largest absolute Gasteiger partial charge is 0.389 e. The highest BCUT2D eigenvalue weighted by molar-refractivity contribution is 7.14. The van der Waals surface area contributed by atoms with Gasteiger partial charge in [0.15, 0.2) is 0 Å². The molecule has 0 fully saturated rings. The van der Waals surface area contributed by atoms with E-state index in [9.17, 15) is 0 Å². The van der Waals surface area contributed by atoms with Gasteiger partial charge in [-0.25, -0.2) is 4.98 Å². The summed E-state index contributed by atoms with van der Waals surface area (Å²) in [6, 6.07) is 6.25. The summed E-state index contributed by atoms with van der Waals surface area (Å²) in [5.74, 6) is 0. The van der Waals surface area contributed by atoms with Crippen molar-refractivity contribution in [3.05, 3.63) is 35.0 Å². The molecule has 86 valence electrons. The van der Waals surface area contributed by atoms with Crippen molar-refractivity contribution in [1.29, 1.82) is 0 Å². The number of aromatic amines is 1. The lowest BCUT2D eigenvalue weighted by Crippen LogP contribution is -1.87. The summed E-state index contributed by atoms with van der Waals surface area (Å²) in [5.41, 5.74) is 13.3. The monoisotopic (exact) mass is 243 g/mol. The zero-order chi connectivity index (χ0) is 12.0. The molecule has 17 heavy (non-hydrogen) atoms. The summed E-state index contributed by atoms with van der Waals surface area (Å²) in [6.45, 7) is 4.18. The van der Waals surface area contributed by atoms with E-state index in [1.54, 1.807) is 5.51 Å². The number of H-pyrrole nitrogens is 1. The Hall–Kier alpha value is -1.81.